The molecule has 0 fully saturated rings. The van der Waals surface area contributed by atoms with Crippen LogP contribution in [0.4, 0.5) is 5.82 Å². The Hall–Kier alpha value is -1.61. The van der Waals surface area contributed by atoms with E-state index in [1.165, 1.54) is 12.3 Å². The summed E-state index contributed by atoms with van der Waals surface area (Å²) in [6.07, 6.45) is 3.66. The van der Waals surface area contributed by atoms with E-state index in [2.05, 4.69) is 20.4 Å². The maximum absolute atomic E-state index is 9.86. The largest absolute Gasteiger partial charge is 0.242 e. The van der Waals surface area contributed by atoms with E-state index >= 15 is 0 Å². The molecule has 11 heavy (non-hydrogen) atoms. The van der Waals surface area contributed by atoms with E-state index in [-0.39, 0.29) is 0 Å². The number of aryl methyl sites for hydroxylation is 1. The van der Waals surface area contributed by atoms with Crippen molar-refractivity contribution < 1.29 is 4.79 Å². The molecule has 0 N–H and O–H groups in total. The molecule has 5 nitrogen and oxygen atoms in total. The Labute approximate surface area is 63.2 Å². The fraction of sp³-hybridized carbons (Fsp3) is 0.333. The number of isocyanates is 1. The Kier molecular flexibility index (Phi) is 2.41. The lowest BCUT2D eigenvalue weighted by molar-refractivity contribution is 0.565. The summed E-state index contributed by atoms with van der Waals surface area (Å²) in [6, 6.07) is 0. The normalized spacial score (nSPS) is 8.82. The van der Waals surface area contributed by atoms with Gasteiger partial charge in [-0.3, -0.25) is 0 Å². The molecular formula is C6H6N4O. The standard InChI is InChI=1S/C6H6N4O/c1-2-5-3-8-10-9-6(5)7-4-11/h3H,2H2,1H3. The summed E-state index contributed by atoms with van der Waals surface area (Å²) in [4.78, 5) is 13.2. The minimum atomic E-state index is 0.303. The molecular weight excluding hydrogens is 144 g/mol. The van der Waals surface area contributed by atoms with Crippen LogP contribution < -0.4 is 0 Å². The third-order valence-electron chi connectivity index (χ3n) is 1.22. The maximum atomic E-state index is 9.86. The van der Waals surface area contributed by atoms with Crippen LogP contribution in [0.25, 0.3) is 0 Å². The highest BCUT2D eigenvalue weighted by Crippen LogP contribution is 2.11. The Morgan fingerprint density at radius 2 is 2.55 bits per heavy atom. The van der Waals surface area contributed by atoms with Gasteiger partial charge in [0.25, 0.3) is 0 Å². The van der Waals surface area contributed by atoms with Gasteiger partial charge in [0.05, 0.1) is 6.20 Å². The van der Waals surface area contributed by atoms with E-state index in [9.17, 15) is 4.79 Å². The topological polar surface area (TPSA) is 68.1 Å². The van der Waals surface area contributed by atoms with Gasteiger partial charge in [-0.25, -0.2) is 4.79 Å². The number of hydrogen-bond acceptors (Lipinski definition) is 5. The van der Waals surface area contributed by atoms with E-state index in [0.717, 1.165) is 12.0 Å². The van der Waals surface area contributed by atoms with E-state index in [4.69, 9.17) is 0 Å². The summed E-state index contributed by atoms with van der Waals surface area (Å²) in [5, 5.41) is 10.4. The molecule has 1 aromatic heterocycles. The van der Waals surface area contributed by atoms with E-state index in [1.807, 2.05) is 6.92 Å². The summed E-state index contributed by atoms with van der Waals surface area (Å²) in [6.45, 7) is 1.92. The van der Waals surface area contributed by atoms with Crippen molar-refractivity contribution in [2.45, 2.75) is 13.3 Å². The third kappa shape index (κ3) is 1.65. The van der Waals surface area contributed by atoms with Crippen molar-refractivity contribution in [3.63, 3.8) is 0 Å². The van der Waals surface area contributed by atoms with Gasteiger partial charge in [-0.2, -0.15) is 0 Å². The van der Waals surface area contributed by atoms with Crippen molar-refractivity contribution in [1.82, 2.24) is 15.4 Å². The summed E-state index contributed by atoms with van der Waals surface area (Å²) >= 11 is 0. The Bertz CT molecular complexity index is 292. The molecule has 0 radical (unpaired) electrons. The molecule has 1 aromatic rings. The number of aromatic nitrogens is 3. The summed E-state index contributed by atoms with van der Waals surface area (Å²) in [5.41, 5.74) is 0.795. The van der Waals surface area contributed by atoms with Crippen LogP contribution in [-0.4, -0.2) is 21.5 Å². The van der Waals surface area contributed by atoms with Gasteiger partial charge in [-0.05, 0) is 11.6 Å². The Morgan fingerprint density at radius 3 is 3.18 bits per heavy atom. The lowest BCUT2D eigenvalue weighted by atomic mass is 10.2. The lowest BCUT2D eigenvalue weighted by Gasteiger charge is -1.93. The molecule has 56 valence electrons. The van der Waals surface area contributed by atoms with Crippen molar-refractivity contribution >= 4 is 11.9 Å². The average Bonchev–Trinajstić information content (AvgIpc) is 2.06. The summed E-state index contributed by atoms with van der Waals surface area (Å²) < 4.78 is 0. The van der Waals surface area contributed by atoms with Gasteiger partial charge in [0.15, 0.2) is 5.82 Å². The summed E-state index contributed by atoms with van der Waals surface area (Å²) in [5.74, 6) is 0.303. The van der Waals surface area contributed by atoms with Crippen LogP contribution in [0.15, 0.2) is 11.2 Å². The highest BCUT2D eigenvalue weighted by Gasteiger charge is 1.99. The number of rotatable bonds is 2. The lowest BCUT2D eigenvalue weighted by Crippen LogP contribution is -1.91. The first-order valence-electron chi connectivity index (χ1n) is 3.13. The molecule has 0 unspecified atom stereocenters. The molecule has 0 aliphatic heterocycles. The summed E-state index contributed by atoms with van der Waals surface area (Å²) in [7, 11) is 0. The van der Waals surface area contributed by atoms with Crippen molar-refractivity contribution in [2.24, 2.45) is 4.99 Å². The van der Waals surface area contributed by atoms with Crippen molar-refractivity contribution in [3.8, 4) is 0 Å². The molecule has 0 atom stereocenters. The van der Waals surface area contributed by atoms with Gasteiger partial charge >= 0.3 is 0 Å². The molecule has 0 aliphatic carbocycles. The number of hydrogen-bond donors (Lipinski definition) is 0. The second-order valence-corrected chi connectivity index (χ2v) is 1.84. The van der Waals surface area contributed by atoms with Gasteiger partial charge in [0, 0.05) is 5.56 Å². The number of aliphatic imine (C=N–C) groups is 1. The smallest absolute Gasteiger partial charge is 0.211 e. The zero-order valence-electron chi connectivity index (χ0n) is 5.98. The van der Waals surface area contributed by atoms with Gasteiger partial charge in [0.2, 0.25) is 6.08 Å². The Balaban J connectivity index is 3.11. The molecule has 0 amide bonds. The molecule has 0 saturated heterocycles. The first kappa shape index (κ1) is 7.50. The molecule has 0 aliphatic rings. The predicted octanol–water partition coefficient (Wildman–Crippen LogP) is 0.401. The molecule has 0 saturated carbocycles. The van der Waals surface area contributed by atoms with Crippen LogP contribution >= 0.6 is 0 Å². The van der Waals surface area contributed by atoms with Gasteiger partial charge in [-0.1, -0.05) is 6.92 Å². The third-order valence-corrected chi connectivity index (χ3v) is 1.22. The molecule has 0 bridgehead atoms. The Morgan fingerprint density at radius 1 is 1.73 bits per heavy atom. The zero-order chi connectivity index (χ0) is 8.10. The van der Waals surface area contributed by atoms with E-state index in [0.29, 0.717) is 5.82 Å². The minimum Gasteiger partial charge on any atom is -0.211 e. The number of nitrogens with zero attached hydrogens (tertiary/aromatic N) is 4. The van der Waals surface area contributed by atoms with E-state index < -0.39 is 0 Å². The predicted molar refractivity (Wildman–Crippen MR) is 37.0 cm³/mol. The van der Waals surface area contributed by atoms with Crippen molar-refractivity contribution in [3.05, 3.63) is 11.8 Å². The van der Waals surface area contributed by atoms with Gasteiger partial charge in [0.1, 0.15) is 0 Å². The maximum Gasteiger partial charge on any atom is 0.242 e. The van der Waals surface area contributed by atoms with Crippen LogP contribution in [0.3, 0.4) is 0 Å². The van der Waals surface area contributed by atoms with Gasteiger partial charge < -0.3 is 0 Å². The second kappa shape index (κ2) is 3.53. The van der Waals surface area contributed by atoms with Gasteiger partial charge in [-0.15, -0.1) is 15.2 Å². The van der Waals surface area contributed by atoms with Crippen LogP contribution in [0.5, 0.6) is 0 Å². The quantitative estimate of drug-likeness (QED) is 0.452. The highest BCUT2D eigenvalue weighted by atomic mass is 16.1. The monoisotopic (exact) mass is 150 g/mol. The van der Waals surface area contributed by atoms with Crippen LogP contribution in [0.2, 0.25) is 0 Å². The first-order valence-corrected chi connectivity index (χ1v) is 3.13. The first-order chi connectivity index (χ1) is 5.38. The second-order valence-electron chi connectivity index (χ2n) is 1.84. The number of carbonyl (C=O) groups excluding carboxylic acids is 1. The fourth-order valence-corrected chi connectivity index (χ4v) is 0.672. The zero-order valence-corrected chi connectivity index (χ0v) is 5.98. The highest BCUT2D eigenvalue weighted by molar-refractivity contribution is 5.47. The van der Waals surface area contributed by atoms with Crippen molar-refractivity contribution in [2.75, 3.05) is 0 Å². The molecule has 5 heteroatoms. The molecule has 0 aromatic carbocycles. The van der Waals surface area contributed by atoms with Crippen LogP contribution in [0, 0.1) is 0 Å². The molecule has 1 rings (SSSR count). The minimum absolute atomic E-state index is 0.303. The van der Waals surface area contributed by atoms with Crippen molar-refractivity contribution in [1.29, 1.82) is 0 Å². The van der Waals surface area contributed by atoms with E-state index in [1.54, 1.807) is 0 Å². The van der Waals surface area contributed by atoms with Crippen LogP contribution in [-0.2, 0) is 11.2 Å². The fourth-order valence-electron chi connectivity index (χ4n) is 0.672. The SMILES string of the molecule is CCc1cnnnc1N=C=O. The molecule has 1 heterocycles. The average molecular weight is 150 g/mol. The molecule has 0 spiro atoms. The van der Waals surface area contributed by atoms with Crippen LogP contribution in [0.1, 0.15) is 12.5 Å².